The van der Waals surface area contributed by atoms with Gasteiger partial charge in [0.05, 0.1) is 30.9 Å². The van der Waals surface area contributed by atoms with Crippen LogP contribution in [0.5, 0.6) is 11.5 Å². The van der Waals surface area contributed by atoms with Crippen molar-refractivity contribution in [3.05, 3.63) is 45.6 Å². The third kappa shape index (κ3) is 7.26. The number of quaternary nitrogens is 1. The van der Waals surface area contributed by atoms with Crippen LogP contribution in [0.25, 0.3) is 0 Å². The molecule has 7 rings (SSSR count). The number of hydrogen-bond acceptors (Lipinski definition) is 14. The number of nitrogen functional groups attached to an aromatic ring is 1. The predicted molar refractivity (Wildman–Crippen MR) is 195 cm³/mol. The lowest BCUT2D eigenvalue weighted by molar-refractivity contribution is -0.941. The summed E-state index contributed by atoms with van der Waals surface area (Å²) in [6.07, 6.45) is 1.88. The normalized spacial score (nSPS) is 25.1. The Kier molecular flexibility index (Phi) is 10.3. The Labute approximate surface area is 317 Å². The van der Waals surface area contributed by atoms with E-state index in [0.717, 1.165) is 36.7 Å². The van der Waals surface area contributed by atoms with Crippen LogP contribution in [0.1, 0.15) is 61.1 Å². The van der Waals surface area contributed by atoms with Crippen LogP contribution in [0.3, 0.4) is 0 Å². The number of nitrogens with two attached hydrogens (primary N) is 1. The summed E-state index contributed by atoms with van der Waals surface area (Å²) < 4.78 is 0.630. The molecule has 4 saturated heterocycles. The van der Waals surface area contributed by atoms with Crippen molar-refractivity contribution >= 4 is 69.3 Å². The van der Waals surface area contributed by atoms with Crippen LogP contribution in [0.2, 0.25) is 0 Å². The fourth-order valence-corrected chi connectivity index (χ4v) is 9.43. The number of ketones is 2. The third-order valence-electron chi connectivity index (χ3n) is 10.9. The van der Waals surface area contributed by atoms with Crippen molar-refractivity contribution in [1.29, 1.82) is 0 Å². The van der Waals surface area contributed by atoms with Gasteiger partial charge in [-0.2, -0.15) is 0 Å². The van der Waals surface area contributed by atoms with Gasteiger partial charge in [-0.3, -0.25) is 24.1 Å². The highest BCUT2D eigenvalue weighted by Gasteiger charge is 2.56. The van der Waals surface area contributed by atoms with Gasteiger partial charge in [-0.25, -0.2) is 14.6 Å². The number of phenolic OH excluding ortho intramolecular Hbond substituents is 2. The summed E-state index contributed by atoms with van der Waals surface area (Å²) in [5.74, 6) is -6.66. The second-order valence-corrected chi connectivity index (χ2v) is 16.9. The number of aromatic nitrogens is 1. The number of aromatic hydroxyl groups is 2. The minimum atomic E-state index is -1.76. The van der Waals surface area contributed by atoms with Crippen molar-refractivity contribution < 1.29 is 58.5 Å². The molecule has 2 bridgehead atoms. The maximum Gasteiger partial charge on any atom is 0.352 e. The predicted octanol–water partition coefficient (Wildman–Crippen LogP) is 1.86. The van der Waals surface area contributed by atoms with Gasteiger partial charge in [0, 0.05) is 59.9 Å². The lowest BCUT2D eigenvalue weighted by atomic mass is 9.70. The molecule has 4 fully saturated rings. The number of β-lactam (4-membered cyclic amide) rings is 1. The third-order valence-corrected chi connectivity index (χ3v) is 13.0. The molecule has 0 radical (unpaired) electrons. The molecular weight excluding hydrogens is 745 g/mol. The molecule has 5 aliphatic heterocycles. The van der Waals surface area contributed by atoms with E-state index < -0.39 is 58.0 Å². The van der Waals surface area contributed by atoms with Gasteiger partial charge in [-0.1, -0.05) is 5.16 Å². The lowest BCUT2D eigenvalue weighted by Gasteiger charge is -2.56. The van der Waals surface area contributed by atoms with E-state index in [0.29, 0.717) is 42.0 Å². The zero-order valence-corrected chi connectivity index (χ0v) is 31.4. The van der Waals surface area contributed by atoms with Gasteiger partial charge in [0.1, 0.15) is 17.9 Å². The number of thiazole rings is 1. The molecule has 0 aliphatic carbocycles. The lowest BCUT2D eigenvalue weighted by Crippen LogP contribution is -2.66. The number of Topliss-reactive ketones (excluding diaryl/α,β-unsaturated/α-hetero) is 2. The van der Waals surface area contributed by atoms with Crippen molar-refractivity contribution in [3.8, 4) is 11.5 Å². The second-order valence-electron chi connectivity index (χ2n) is 14.9. The first-order chi connectivity index (χ1) is 25.4. The number of amides is 2. The number of anilines is 1. The second kappa shape index (κ2) is 14.3. The Hall–Kier alpha value is -5.01. The quantitative estimate of drug-likeness (QED) is 0.0304. The fraction of sp³-hybridized carbons (Fsp3) is 0.486. The minimum absolute atomic E-state index is 0.0268. The number of carboxylic acid groups (broad SMARTS) is 2. The number of nitrogens with one attached hydrogen (secondary N) is 1. The molecule has 0 saturated carbocycles. The molecular formula is C35H41N6O11S2+. The summed E-state index contributed by atoms with van der Waals surface area (Å²) in [5, 5.41) is 47.0. The number of thioether (sulfide) groups is 1. The van der Waals surface area contributed by atoms with Crippen molar-refractivity contribution in [2.75, 3.05) is 44.2 Å². The summed E-state index contributed by atoms with van der Waals surface area (Å²) in [7, 11) is 0. The SMILES string of the molecule is Cc1cc(C(=O)C(=O)NCC23CC[N+](CC4=C(C(=O)O)N5C(=O)[C@@H](CC(=O)/C(=N\OC(C)(C)C(=O)O)c6csc(N)n6)[C@H]5SC4)(CC2)CC3)cc(O)c1O. The van der Waals surface area contributed by atoms with Crippen LogP contribution in [0.4, 0.5) is 5.13 Å². The van der Waals surface area contributed by atoms with Gasteiger partial charge in [-0.05, 0) is 38.5 Å². The Morgan fingerprint density at radius 3 is 2.37 bits per heavy atom. The molecule has 6 heterocycles. The van der Waals surface area contributed by atoms with E-state index in [9.17, 15) is 49.2 Å². The van der Waals surface area contributed by atoms with Gasteiger partial charge < -0.3 is 40.8 Å². The van der Waals surface area contributed by atoms with Crippen LogP contribution >= 0.6 is 23.1 Å². The number of carbonyl (C=O) groups excluding carboxylic acids is 4. The highest BCUT2D eigenvalue weighted by Crippen LogP contribution is 2.48. The number of rotatable bonds is 14. The molecule has 288 valence electrons. The molecule has 54 heavy (non-hydrogen) atoms. The van der Waals surface area contributed by atoms with E-state index in [-0.39, 0.29) is 57.5 Å². The van der Waals surface area contributed by atoms with Gasteiger partial charge in [0.2, 0.25) is 17.3 Å². The smallest absolute Gasteiger partial charge is 0.352 e. The number of fused-ring (bicyclic) bond motifs is 4. The molecule has 5 aliphatic rings. The van der Waals surface area contributed by atoms with E-state index in [4.69, 9.17) is 10.6 Å². The summed E-state index contributed by atoms with van der Waals surface area (Å²) >= 11 is 2.42. The number of carbonyl (C=O) groups is 6. The van der Waals surface area contributed by atoms with Crippen molar-refractivity contribution in [2.24, 2.45) is 16.5 Å². The Bertz CT molecular complexity index is 1980. The van der Waals surface area contributed by atoms with Crippen LogP contribution in [0.15, 0.2) is 33.9 Å². The Morgan fingerprint density at radius 1 is 1.13 bits per heavy atom. The Balaban J connectivity index is 1.09. The first kappa shape index (κ1) is 38.7. The zero-order chi connectivity index (χ0) is 39.3. The number of aliphatic carboxylic acids is 2. The minimum Gasteiger partial charge on any atom is -0.504 e. The molecule has 0 spiro atoms. The van der Waals surface area contributed by atoms with Crippen LogP contribution in [-0.4, -0.2) is 125 Å². The van der Waals surface area contributed by atoms with Crippen molar-refractivity contribution in [3.63, 3.8) is 0 Å². The highest BCUT2D eigenvalue weighted by molar-refractivity contribution is 8.00. The van der Waals surface area contributed by atoms with Gasteiger partial charge in [-0.15, -0.1) is 23.1 Å². The number of phenols is 2. The maximum atomic E-state index is 13.6. The zero-order valence-electron chi connectivity index (χ0n) is 29.8. The maximum absolute atomic E-state index is 13.6. The molecule has 17 nitrogen and oxygen atoms in total. The molecule has 2 atom stereocenters. The van der Waals surface area contributed by atoms with Gasteiger partial charge >= 0.3 is 11.9 Å². The molecule has 7 N–H and O–H groups in total. The molecule has 0 unspecified atom stereocenters. The van der Waals surface area contributed by atoms with Gasteiger partial charge in [0.25, 0.3) is 5.91 Å². The van der Waals surface area contributed by atoms with E-state index in [1.54, 1.807) is 0 Å². The number of oxime groups is 1. The number of nitrogens with zero attached hydrogens (tertiary/aromatic N) is 4. The first-order valence-corrected chi connectivity index (χ1v) is 19.1. The Morgan fingerprint density at radius 2 is 1.80 bits per heavy atom. The van der Waals surface area contributed by atoms with Gasteiger partial charge in [0.15, 0.2) is 28.1 Å². The topological polar surface area (TPSA) is 259 Å². The van der Waals surface area contributed by atoms with Crippen LogP contribution in [-0.2, 0) is 28.8 Å². The highest BCUT2D eigenvalue weighted by atomic mass is 32.2. The van der Waals surface area contributed by atoms with E-state index in [1.165, 1.54) is 48.9 Å². The molecule has 19 heteroatoms. The van der Waals surface area contributed by atoms with Crippen LogP contribution < -0.4 is 11.1 Å². The molecule has 2 amide bonds. The van der Waals surface area contributed by atoms with Crippen molar-refractivity contribution in [2.45, 2.75) is 57.4 Å². The summed E-state index contributed by atoms with van der Waals surface area (Å²) in [6.45, 7) is 6.90. The van der Waals surface area contributed by atoms with Crippen molar-refractivity contribution in [1.82, 2.24) is 15.2 Å². The van der Waals surface area contributed by atoms with E-state index >= 15 is 0 Å². The number of carboxylic acids is 2. The number of hydrogen-bond donors (Lipinski definition) is 6. The molecule has 1 aromatic carbocycles. The average molecular weight is 786 g/mol. The standard InChI is InChI=1S/C35H40N6O11S2/c1-17-10-18(11-23(43)26(17)44)27(45)28(46)37-16-35-4-7-41(8-5-35,9-6-35)13-19-14-53-30-20(29(47)40(30)25(19)31(48)49)12-22(42)24(21-15-54-33(36)38-21)39-52-34(2,3)32(50)51/h10-11,15,20,30H,4-9,12-14,16H2,1-3H3,(H6-,36,37,38,39,42,43,44,45,46,48,49,50,51)/p+1/t20-,30-,35?,41?/m1/s1. The molecule has 1 aromatic heterocycles. The largest absolute Gasteiger partial charge is 0.504 e. The first-order valence-electron chi connectivity index (χ1n) is 17.2. The number of piperidine rings is 3. The number of benzene rings is 1. The number of aryl methyl sites for hydroxylation is 1. The summed E-state index contributed by atoms with van der Waals surface area (Å²) in [5.41, 5.74) is 4.34. The van der Waals surface area contributed by atoms with E-state index in [2.05, 4.69) is 15.5 Å². The molecule has 2 aromatic rings. The summed E-state index contributed by atoms with van der Waals surface area (Å²) in [6, 6.07) is 2.40. The monoisotopic (exact) mass is 785 g/mol. The van der Waals surface area contributed by atoms with Crippen LogP contribution in [0, 0.1) is 18.3 Å². The summed E-state index contributed by atoms with van der Waals surface area (Å²) in [4.78, 5) is 87.4. The average Bonchev–Trinajstić information content (AvgIpc) is 3.57. The fourth-order valence-electron chi connectivity index (χ4n) is 7.48. The van der Waals surface area contributed by atoms with E-state index in [1.807, 2.05) is 0 Å².